The van der Waals surface area contributed by atoms with Crippen LogP contribution >= 0.6 is 15.9 Å². The number of benzene rings is 1. The third-order valence-corrected chi connectivity index (χ3v) is 4.64. The summed E-state index contributed by atoms with van der Waals surface area (Å²) in [6.45, 7) is 0.838. The molecule has 0 aliphatic heterocycles. The van der Waals surface area contributed by atoms with E-state index in [9.17, 15) is 0 Å². The zero-order valence-electron chi connectivity index (χ0n) is 13.6. The minimum absolute atomic E-state index is 0.540. The van der Waals surface area contributed by atoms with Gasteiger partial charge in [0.25, 0.3) is 0 Å². The first kappa shape index (κ1) is 16.8. The summed E-state index contributed by atoms with van der Waals surface area (Å²) in [4.78, 5) is 8.51. The molecule has 0 unspecified atom stereocenters. The Morgan fingerprint density at radius 1 is 1.08 bits per heavy atom. The van der Waals surface area contributed by atoms with Crippen molar-refractivity contribution in [1.82, 2.24) is 9.97 Å². The average Bonchev–Trinajstić information content (AvgIpc) is 2.61. The molecule has 0 saturated carbocycles. The molecule has 1 aliphatic carbocycles. The highest BCUT2D eigenvalue weighted by Crippen LogP contribution is 2.27. The molecule has 5 nitrogen and oxygen atoms in total. The van der Waals surface area contributed by atoms with E-state index in [1.54, 1.807) is 0 Å². The molecular weight excluding hydrogens is 366 g/mol. The number of aromatic nitrogens is 2. The largest absolute Gasteiger partial charge is 0.393 e. The lowest BCUT2D eigenvalue weighted by Crippen LogP contribution is -2.10. The van der Waals surface area contributed by atoms with E-state index < -0.39 is 0 Å². The van der Waals surface area contributed by atoms with Gasteiger partial charge in [0.05, 0.1) is 0 Å². The van der Waals surface area contributed by atoms with Gasteiger partial charge in [0.1, 0.15) is 12.0 Å². The van der Waals surface area contributed by atoms with E-state index >= 15 is 0 Å². The average molecular weight is 388 g/mol. The normalized spacial score (nSPS) is 14.1. The lowest BCUT2D eigenvalue weighted by molar-refractivity contribution is 0.679. The Kier molecular flexibility index (Phi) is 5.69. The van der Waals surface area contributed by atoms with E-state index in [2.05, 4.69) is 42.6 Å². The van der Waals surface area contributed by atoms with Gasteiger partial charge < -0.3 is 16.4 Å². The van der Waals surface area contributed by atoms with Gasteiger partial charge in [0, 0.05) is 16.7 Å². The van der Waals surface area contributed by atoms with Gasteiger partial charge in [-0.2, -0.15) is 0 Å². The molecule has 0 bridgehead atoms. The molecule has 1 heterocycles. The highest BCUT2D eigenvalue weighted by Gasteiger charge is 2.09. The Morgan fingerprint density at radius 3 is 2.62 bits per heavy atom. The molecule has 0 fully saturated rings. The maximum atomic E-state index is 6.21. The van der Waals surface area contributed by atoms with Crippen molar-refractivity contribution in [2.45, 2.75) is 32.1 Å². The predicted molar refractivity (Wildman–Crippen MR) is 104 cm³/mol. The molecule has 2 aromatic rings. The fourth-order valence-corrected chi connectivity index (χ4v) is 3.04. The third-order valence-electron chi connectivity index (χ3n) is 4.11. The van der Waals surface area contributed by atoms with Crippen LogP contribution in [0.2, 0.25) is 0 Å². The third kappa shape index (κ3) is 4.47. The lowest BCUT2D eigenvalue weighted by Gasteiger charge is -2.15. The highest BCUT2D eigenvalue weighted by atomic mass is 79.9. The number of hydrogen-bond donors (Lipinski definition) is 3. The second-order valence-electron chi connectivity index (χ2n) is 5.90. The molecule has 0 spiro atoms. The van der Waals surface area contributed by atoms with Gasteiger partial charge in [-0.15, -0.1) is 0 Å². The van der Waals surface area contributed by atoms with Gasteiger partial charge >= 0.3 is 0 Å². The molecule has 1 aliphatic rings. The molecular formula is C18H22BrN5. The molecule has 24 heavy (non-hydrogen) atoms. The van der Waals surface area contributed by atoms with E-state index in [-0.39, 0.29) is 0 Å². The Labute approximate surface area is 150 Å². The quantitative estimate of drug-likeness (QED) is 0.616. The molecule has 0 atom stereocenters. The maximum absolute atomic E-state index is 6.21. The van der Waals surface area contributed by atoms with Crippen molar-refractivity contribution >= 4 is 38.9 Å². The number of rotatable bonds is 6. The van der Waals surface area contributed by atoms with Gasteiger partial charge in [-0.05, 0) is 56.4 Å². The summed E-state index contributed by atoms with van der Waals surface area (Å²) in [5, 5.41) is 6.56. The number of nitrogens with two attached hydrogens (primary N) is 1. The monoisotopic (exact) mass is 387 g/mol. The zero-order chi connectivity index (χ0) is 16.8. The highest BCUT2D eigenvalue weighted by molar-refractivity contribution is 9.10. The van der Waals surface area contributed by atoms with Crippen LogP contribution in [0.5, 0.6) is 0 Å². The summed E-state index contributed by atoms with van der Waals surface area (Å²) in [5.74, 6) is 1.30. The van der Waals surface area contributed by atoms with Crippen LogP contribution in [0.4, 0.5) is 23.0 Å². The SMILES string of the molecule is Nc1c(NCCC2=CCCCC2)ncnc1Nc1ccc(Br)cc1. The fourth-order valence-electron chi connectivity index (χ4n) is 2.78. The zero-order valence-corrected chi connectivity index (χ0v) is 15.1. The summed E-state index contributed by atoms with van der Waals surface area (Å²) in [6, 6.07) is 7.87. The van der Waals surface area contributed by atoms with Gasteiger partial charge in [-0.25, -0.2) is 9.97 Å². The number of nitrogen functional groups attached to an aromatic ring is 1. The van der Waals surface area contributed by atoms with E-state index in [0.717, 1.165) is 23.1 Å². The Bertz CT molecular complexity index is 712. The minimum Gasteiger partial charge on any atom is -0.393 e. The van der Waals surface area contributed by atoms with E-state index in [1.165, 1.54) is 37.6 Å². The first-order valence-electron chi connectivity index (χ1n) is 8.27. The summed E-state index contributed by atoms with van der Waals surface area (Å²) in [6.07, 6.45) is 10.0. The maximum Gasteiger partial charge on any atom is 0.159 e. The number of nitrogens with one attached hydrogen (secondary N) is 2. The molecule has 0 amide bonds. The number of halogens is 1. The molecule has 1 aromatic heterocycles. The van der Waals surface area contributed by atoms with Crippen molar-refractivity contribution in [3.63, 3.8) is 0 Å². The van der Waals surface area contributed by atoms with Crippen LogP contribution in [-0.4, -0.2) is 16.5 Å². The van der Waals surface area contributed by atoms with Crippen LogP contribution in [0.3, 0.4) is 0 Å². The van der Waals surface area contributed by atoms with Gasteiger partial charge in [-0.3, -0.25) is 0 Å². The van der Waals surface area contributed by atoms with Crippen molar-refractivity contribution in [2.75, 3.05) is 22.9 Å². The molecule has 6 heteroatoms. The van der Waals surface area contributed by atoms with E-state index in [4.69, 9.17) is 5.73 Å². The summed E-state index contributed by atoms with van der Waals surface area (Å²) in [7, 11) is 0. The van der Waals surface area contributed by atoms with Crippen molar-refractivity contribution in [3.8, 4) is 0 Å². The van der Waals surface area contributed by atoms with Crippen molar-refractivity contribution < 1.29 is 0 Å². The van der Waals surface area contributed by atoms with Crippen LogP contribution in [0.25, 0.3) is 0 Å². The van der Waals surface area contributed by atoms with Crippen LogP contribution in [0.15, 0.2) is 46.7 Å². The molecule has 126 valence electrons. The second kappa shape index (κ2) is 8.15. The second-order valence-corrected chi connectivity index (χ2v) is 6.82. The smallest absolute Gasteiger partial charge is 0.159 e. The van der Waals surface area contributed by atoms with Gasteiger partial charge in [0.15, 0.2) is 11.6 Å². The first-order chi connectivity index (χ1) is 11.7. The van der Waals surface area contributed by atoms with Crippen molar-refractivity contribution in [1.29, 1.82) is 0 Å². The number of nitrogens with zero attached hydrogens (tertiary/aromatic N) is 2. The number of anilines is 4. The summed E-state index contributed by atoms with van der Waals surface area (Å²) in [5.41, 5.74) is 9.22. The molecule has 0 saturated heterocycles. The van der Waals surface area contributed by atoms with Gasteiger partial charge in [-0.1, -0.05) is 27.6 Å². The molecule has 3 rings (SSSR count). The van der Waals surface area contributed by atoms with Crippen molar-refractivity contribution in [3.05, 3.63) is 46.7 Å². The lowest BCUT2D eigenvalue weighted by atomic mass is 9.97. The number of hydrogen-bond acceptors (Lipinski definition) is 5. The first-order valence-corrected chi connectivity index (χ1v) is 9.06. The van der Waals surface area contributed by atoms with Crippen molar-refractivity contribution in [2.24, 2.45) is 0 Å². The van der Waals surface area contributed by atoms with Crippen LogP contribution in [-0.2, 0) is 0 Å². The predicted octanol–water partition coefficient (Wildman–Crippen LogP) is 4.87. The molecule has 4 N–H and O–H groups in total. The minimum atomic E-state index is 0.540. The van der Waals surface area contributed by atoms with Gasteiger partial charge in [0.2, 0.25) is 0 Å². The number of allylic oxidation sites excluding steroid dienone is 1. The standard InChI is InChI=1S/C18H22BrN5/c19-14-6-8-15(9-7-14)24-18-16(20)17(22-12-23-18)21-11-10-13-4-2-1-3-5-13/h4,6-9,12H,1-3,5,10-11,20H2,(H2,21,22,23,24). The Hall–Kier alpha value is -2.08. The van der Waals surface area contributed by atoms with Crippen LogP contribution < -0.4 is 16.4 Å². The van der Waals surface area contributed by atoms with Crippen LogP contribution in [0, 0.1) is 0 Å². The summed E-state index contributed by atoms with van der Waals surface area (Å²) >= 11 is 3.43. The van der Waals surface area contributed by atoms with Crippen LogP contribution in [0.1, 0.15) is 32.1 Å². The van der Waals surface area contributed by atoms with E-state index in [0.29, 0.717) is 17.3 Å². The Morgan fingerprint density at radius 2 is 1.88 bits per heavy atom. The molecule has 1 aromatic carbocycles. The Balaban J connectivity index is 1.62. The topological polar surface area (TPSA) is 75.9 Å². The molecule has 0 radical (unpaired) electrons. The van der Waals surface area contributed by atoms with E-state index in [1.807, 2.05) is 24.3 Å². The fraction of sp³-hybridized carbons (Fsp3) is 0.333. The summed E-state index contributed by atoms with van der Waals surface area (Å²) < 4.78 is 1.03.